The number of benzene rings is 2. The minimum atomic E-state index is -0.648. The third-order valence-electron chi connectivity index (χ3n) is 3.77. The average Bonchev–Trinajstić information content (AvgIpc) is 2.67. The standard InChI is InChI=1S/C21H26N2O5/c1-15-11-16(2)13-18(12-15)27-9-6-10-28-20-17(7-5-8-19(20)25-3)14-22-23-21(24)26-4/h5,7-8,11-14H,6,9-10H2,1-4H3,(H,23,24)/b22-14-. The van der Waals surface area contributed by atoms with Crippen LogP contribution >= 0.6 is 0 Å². The van der Waals surface area contributed by atoms with Gasteiger partial charge in [-0.2, -0.15) is 5.10 Å². The lowest BCUT2D eigenvalue weighted by Crippen LogP contribution is -2.16. The summed E-state index contributed by atoms with van der Waals surface area (Å²) in [5.41, 5.74) is 5.26. The largest absolute Gasteiger partial charge is 0.493 e. The van der Waals surface area contributed by atoms with Crippen LogP contribution in [0.3, 0.4) is 0 Å². The highest BCUT2D eigenvalue weighted by Crippen LogP contribution is 2.30. The number of para-hydroxylation sites is 1. The van der Waals surface area contributed by atoms with Crippen LogP contribution in [0.15, 0.2) is 41.5 Å². The van der Waals surface area contributed by atoms with Crippen molar-refractivity contribution in [3.63, 3.8) is 0 Å². The lowest BCUT2D eigenvalue weighted by molar-refractivity contribution is 0.171. The second-order valence-corrected chi connectivity index (χ2v) is 6.11. The first kappa shape index (κ1) is 21.1. The topological polar surface area (TPSA) is 78.4 Å². The second-order valence-electron chi connectivity index (χ2n) is 6.11. The van der Waals surface area contributed by atoms with Crippen LogP contribution in [-0.4, -0.2) is 39.7 Å². The smallest absolute Gasteiger partial charge is 0.427 e. The van der Waals surface area contributed by atoms with Gasteiger partial charge in [0.1, 0.15) is 5.75 Å². The number of hydrogen-bond acceptors (Lipinski definition) is 6. The molecule has 150 valence electrons. The Bertz CT molecular complexity index is 800. The Kier molecular flexibility index (Phi) is 8.14. The SMILES string of the molecule is COC(=O)N/N=C\c1cccc(OC)c1OCCCOc1cc(C)cc(C)c1. The van der Waals surface area contributed by atoms with Crippen LogP contribution in [-0.2, 0) is 4.74 Å². The number of ether oxygens (including phenoxy) is 4. The van der Waals surface area contributed by atoms with Gasteiger partial charge in [0.15, 0.2) is 11.5 Å². The Morgan fingerprint density at radius 2 is 1.79 bits per heavy atom. The number of amides is 1. The van der Waals surface area contributed by atoms with E-state index < -0.39 is 6.09 Å². The number of carbonyl (C=O) groups is 1. The van der Waals surface area contributed by atoms with Crippen LogP contribution in [0.5, 0.6) is 17.2 Å². The zero-order valence-electron chi connectivity index (χ0n) is 16.7. The van der Waals surface area contributed by atoms with Gasteiger partial charge in [-0.05, 0) is 49.2 Å². The summed E-state index contributed by atoms with van der Waals surface area (Å²) < 4.78 is 21.5. The third kappa shape index (κ3) is 6.50. The molecule has 0 atom stereocenters. The Morgan fingerprint density at radius 3 is 2.46 bits per heavy atom. The molecule has 0 aliphatic heterocycles. The molecular weight excluding hydrogens is 360 g/mol. The van der Waals surface area contributed by atoms with Gasteiger partial charge in [-0.15, -0.1) is 0 Å². The van der Waals surface area contributed by atoms with Gasteiger partial charge in [0.25, 0.3) is 0 Å². The molecule has 0 bridgehead atoms. The molecule has 1 N–H and O–H groups in total. The molecule has 0 radical (unpaired) electrons. The molecule has 0 saturated carbocycles. The Balaban J connectivity index is 1.92. The van der Waals surface area contributed by atoms with Crippen molar-refractivity contribution >= 4 is 12.3 Å². The van der Waals surface area contributed by atoms with Crippen molar-refractivity contribution < 1.29 is 23.7 Å². The van der Waals surface area contributed by atoms with Crippen molar-refractivity contribution in [2.24, 2.45) is 5.10 Å². The van der Waals surface area contributed by atoms with E-state index in [0.717, 1.165) is 5.75 Å². The van der Waals surface area contributed by atoms with E-state index in [2.05, 4.69) is 21.3 Å². The molecule has 0 heterocycles. The number of hydrazone groups is 1. The summed E-state index contributed by atoms with van der Waals surface area (Å²) in [6, 6.07) is 11.6. The van der Waals surface area contributed by atoms with Crippen molar-refractivity contribution in [1.82, 2.24) is 5.43 Å². The van der Waals surface area contributed by atoms with Gasteiger partial charge in [0, 0.05) is 12.0 Å². The monoisotopic (exact) mass is 386 g/mol. The summed E-state index contributed by atoms with van der Waals surface area (Å²) in [5.74, 6) is 1.99. The molecular formula is C21H26N2O5. The van der Waals surface area contributed by atoms with Gasteiger partial charge in [-0.25, -0.2) is 10.2 Å². The number of methoxy groups -OCH3 is 2. The first-order valence-electron chi connectivity index (χ1n) is 8.91. The Labute approximate surface area is 165 Å². The lowest BCUT2D eigenvalue weighted by Gasteiger charge is -2.13. The van der Waals surface area contributed by atoms with E-state index in [1.807, 2.05) is 38.1 Å². The van der Waals surface area contributed by atoms with Crippen LogP contribution in [0.4, 0.5) is 4.79 Å². The first-order chi connectivity index (χ1) is 13.5. The fraction of sp³-hybridized carbons (Fsp3) is 0.333. The normalized spacial score (nSPS) is 10.6. The lowest BCUT2D eigenvalue weighted by atomic mass is 10.1. The third-order valence-corrected chi connectivity index (χ3v) is 3.77. The summed E-state index contributed by atoms with van der Waals surface area (Å²) in [5, 5.41) is 3.84. The predicted molar refractivity (Wildman–Crippen MR) is 108 cm³/mol. The molecule has 0 aliphatic carbocycles. The molecule has 7 heteroatoms. The van der Waals surface area contributed by atoms with Crippen LogP contribution in [0.1, 0.15) is 23.1 Å². The maximum absolute atomic E-state index is 11.1. The number of nitrogens with zero attached hydrogens (tertiary/aromatic N) is 1. The highest BCUT2D eigenvalue weighted by Gasteiger charge is 2.09. The second kappa shape index (κ2) is 10.8. The van der Waals surface area contributed by atoms with Crippen LogP contribution < -0.4 is 19.6 Å². The van der Waals surface area contributed by atoms with Crippen LogP contribution in [0.25, 0.3) is 0 Å². The van der Waals surface area contributed by atoms with Gasteiger partial charge in [0.2, 0.25) is 0 Å². The maximum Gasteiger partial charge on any atom is 0.427 e. The molecule has 2 aromatic rings. The number of carbonyl (C=O) groups excluding carboxylic acids is 1. The van der Waals surface area contributed by atoms with Crippen LogP contribution in [0.2, 0.25) is 0 Å². The number of aryl methyl sites for hydroxylation is 2. The molecule has 2 rings (SSSR count). The van der Waals surface area contributed by atoms with Crippen molar-refractivity contribution in [3.8, 4) is 17.2 Å². The predicted octanol–water partition coefficient (Wildman–Crippen LogP) is 3.85. The fourth-order valence-electron chi connectivity index (χ4n) is 2.59. The van der Waals surface area contributed by atoms with E-state index in [1.165, 1.54) is 24.5 Å². The summed E-state index contributed by atoms with van der Waals surface area (Å²) in [6.07, 6.45) is 1.52. The molecule has 0 aromatic heterocycles. The van der Waals surface area contributed by atoms with Gasteiger partial charge in [-0.1, -0.05) is 12.1 Å². The number of hydrogen-bond donors (Lipinski definition) is 1. The van der Waals surface area contributed by atoms with Crippen LogP contribution in [0, 0.1) is 13.8 Å². The highest BCUT2D eigenvalue weighted by atomic mass is 16.5. The van der Waals surface area contributed by atoms with Crippen molar-refractivity contribution in [1.29, 1.82) is 0 Å². The number of nitrogens with one attached hydrogen (secondary N) is 1. The molecule has 0 spiro atoms. The molecule has 2 aromatic carbocycles. The van der Waals surface area contributed by atoms with Crippen molar-refractivity contribution in [2.45, 2.75) is 20.3 Å². The van der Waals surface area contributed by atoms with E-state index in [0.29, 0.717) is 36.7 Å². The van der Waals surface area contributed by atoms with E-state index in [4.69, 9.17) is 14.2 Å². The Morgan fingerprint density at radius 1 is 1.07 bits per heavy atom. The summed E-state index contributed by atoms with van der Waals surface area (Å²) >= 11 is 0. The average molecular weight is 386 g/mol. The minimum Gasteiger partial charge on any atom is -0.493 e. The molecule has 7 nitrogen and oxygen atoms in total. The summed E-state index contributed by atoms with van der Waals surface area (Å²) in [6.45, 7) is 5.06. The quantitative estimate of drug-likeness (QED) is 0.402. The van der Waals surface area contributed by atoms with Crippen molar-refractivity contribution in [2.75, 3.05) is 27.4 Å². The van der Waals surface area contributed by atoms with Gasteiger partial charge < -0.3 is 18.9 Å². The molecule has 1 amide bonds. The maximum atomic E-state index is 11.1. The van der Waals surface area contributed by atoms with E-state index >= 15 is 0 Å². The van der Waals surface area contributed by atoms with E-state index in [9.17, 15) is 4.79 Å². The molecule has 0 saturated heterocycles. The summed E-state index contributed by atoms with van der Waals surface area (Å²) in [4.78, 5) is 11.1. The molecule has 0 fully saturated rings. The summed E-state index contributed by atoms with van der Waals surface area (Å²) in [7, 11) is 2.84. The van der Waals surface area contributed by atoms with Gasteiger partial charge in [-0.3, -0.25) is 0 Å². The molecule has 0 aliphatic rings. The zero-order chi connectivity index (χ0) is 20.4. The molecule has 0 unspecified atom stereocenters. The first-order valence-corrected chi connectivity index (χ1v) is 8.91. The van der Waals surface area contributed by atoms with Crippen molar-refractivity contribution in [3.05, 3.63) is 53.1 Å². The van der Waals surface area contributed by atoms with Gasteiger partial charge in [0.05, 0.1) is 33.6 Å². The number of rotatable bonds is 9. The molecule has 28 heavy (non-hydrogen) atoms. The van der Waals surface area contributed by atoms with E-state index in [-0.39, 0.29) is 0 Å². The highest BCUT2D eigenvalue weighted by molar-refractivity contribution is 5.85. The zero-order valence-corrected chi connectivity index (χ0v) is 16.7. The minimum absolute atomic E-state index is 0.441. The van der Waals surface area contributed by atoms with E-state index in [1.54, 1.807) is 13.2 Å². The fourth-order valence-corrected chi connectivity index (χ4v) is 2.59. The van der Waals surface area contributed by atoms with Gasteiger partial charge >= 0.3 is 6.09 Å². The Hall–Kier alpha value is -3.22.